The molecule has 3 aromatic rings. The Morgan fingerprint density at radius 3 is 2.59 bits per heavy atom. The fourth-order valence-corrected chi connectivity index (χ4v) is 3.83. The minimum Gasteiger partial charge on any atom is -0.459 e. The predicted molar refractivity (Wildman–Crippen MR) is 106 cm³/mol. The first-order valence-electron chi connectivity index (χ1n) is 9.17. The normalized spacial score (nSPS) is 11.1. The zero-order chi connectivity index (χ0) is 20.8. The number of aryl methyl sites for hydroxylation is 1. The van der Waals surface area contributed by atoms with Crippen molar-refractivity contribution in [3.05, 3.63) is 71.6 Å². The summed E-state index contributed by atoms with van der Waals surface area (Å²) in [6.45, 7) is 4.10. The van der Waals surface area contributed by atoms with Gasteiger partial charge in [-0.2, -0.15) is 0 Å². The number of nitrogens with zero attached hydrogens (tertiary/aromatic N) is 2. The van der Waals surface area contributed by atoms with Crippen LogP contribution in [-0.4, -0.2) is 20.9 Å². The fraction of sp³-hybridized carbons (Fsp3) is 0.286. The molecular weight excluding hydrogens is 396 g/mol. The summed E-state index contributed by atoms with van der Waals surface area (Å²) in [4.78, 5) is 24.5. The number of hydrogen-bond acceptors (Lipinski definition) is 5. The molecule has 0 saturated heterocycles. The fourth-order valence-electron chi connectivity index (χ4n) is 2.72. The highest BCUT2D eigenvalue weighted by Gasteiger charge is 2.13. The van der Waals surface area contributed by atoms with Crippen LogP contribution < -0.4 is 0 Å². The van der Waals surface area contributed by atoms with E-state index in [0.29, 0.717) is 17.0 Å². The summed E-state index contributed by atoms with van der Waals surface area (Å²) >= 11 is 1.25. The SMILES string of the molecule is CC(C)c1cc(COC(=O)CCc2ncc[nH]2)ncc1Sc1cc(F)cc(F)c1. The summed E-state index contributed by atoms with van der Waals surface area (Å²) in [5.74, 6) is -0.679. The van der Waals surface area contributed by atoms with Crippen LogP contribution in [0.5, 0.6) is 0 Å². The van der Waals surface area contributed by atoms with E-state index in [4.69, 9.17) is 4.74 Å². The van der Waals surface area contributed by atoms with Gasteiger partial charge in [0.05, 0.1) is 12.1 Å². The third-order valence-electron chi connectivity index (χ3n) is 4.14. The third kappa shape index (κ3) is 6.12. The lowest BCUT2D eigenvalue weighted by Crippen LogP contribution is -2.08. The maximum atomic E-state index is 13.5. The van der Waals surface area contributed by atoms with Crippen molar-refractivity contribution in [1.29, 1.82) is 0 Å². The van der Waals surface area contributed by atoms with Gasteiger partial charge < -0.3 is 9.72 Å². The molecule has 0 aliphatic heterocycles. The number of carbonyl (C=O) groups excluding carboxylic acids is 1. The van der Waals surface area contributed by atoms with E-state index in [2.05, 4.69) is 15.0 Å². The maximum Gasteiger partial charge on any atom is 0.306 e. The number of ether oxygens (including phenoxy) is 1. The number of halogens is 2. The topological polar surface area (TPSA) is 67.9 Å². The molecule has 1 N–H and O–H groups in total. The molecule has 2 heterocycles. The molecule has 0 radical (unpaired) electrons. The Balaban J connectivity index is 1.64. The van der Waals surface area contributed by atoms with Gasteiger partial charge in [-0.25, -0.2) is 13.8 Å². The van der Waals surface area contributed by atoms with Crippen LogP contribution in [0, 0.1) is 11.6 Å². The molecule has 8 heteroatoms. The second kappa shape index (κ2) is 9.65. The number of rotatable bonds is 8. The van der Waals surface area contributed by atoms with Crippen LogP contribution in [0.4, 0.5) is 8.78 Å². The van der Waals surface area contributed by atoms with Crippen LogP contribution in [0.25, 0.3) is 0 Å². The van der Waals surface area contributed by atoms with Crippen LogP contribution in [0.3, 0.4) is 0 Å². The minimum absolute atomic E-state index is 0.0657. The quantitative estimate of drug-likeness (QED) is 0.521. The second-order valence-corrected chi connectivity index (χ2v) is 7.89. The zero-order valence-corrected chi connectivity index (χ0v) is 16.9. The number of pyridine rings is 1. The molecule has 3 rings (SSSR count). The number of esters is 1. The van der Waals surface area contributed by atoms with E-state index in [0.717, 1.165) is 22.3 Å². The number of nitrogens with one attached hydrogen (secondary N) is 1. The van der Waals surface area contributed by atoms with Crippen molar-refractivity contribution in [1.82, 2.24) is 15.0 Å². The van der Waals surface area contributed by atoms with Crippen LogP contribution >= 0.6 is 11.8 Å². The molecule has 0 spiro atoms. The van der Waals surface area contributed by atoms with Gasteiger partial charge in [-0.05, 0) is 29.7 Å². The van der Waals surface area contributed by atoms with Crippen molar-refractivity contribution in [3.8, 4) is 0 Å². The summed E-state index contributed by atoms with van der Waals surface area (Å²) in [7, 11) is 0. The van der Waals surface area contributed by atoms with Crippen molar-refractivity contribution in [2.75, 3.05) is 0 Å². The van der Waals surface area contributed by atoms with Crippen LogP contribution in [-0.2, 0) is 22.6 Å². The zero-order valence-electron chi connectivity index (χ0n) is 16.1. The highest BCUT2D eigenvalue weighted by molar-refractivity contribution is 7.99. The van der Waals surface area contributed by atoms with Crippen molar-refractivity contribution < 1.29 is 18.3 Å². The summed E-state index contributed by atoms with van der Waals surface area (Å²) in [6, 6.07) is 5.27. The lowest BCUT2D eigenvalue weighted by molar-refractivity contribution is -0.145. The van der Waals surface area contributed by atoms with Crippen molar-refractivity contribution in [2.45, 2.75) is 49.0 Å². The lowest BCUT2D eigenvalue weighted by atomic mass is 10.0. The Morgan fingerprint density at radius 1 is 1.17 bits per heavy atom. The number of aromatic amines is 1. The molecule has 1 aromatic carbocycles. The van der Waals surface area contributed by atoms with Crippen molar-refractivity contribution >= 4 is 17.7 Å². The van der Waals surface area contributed by atoms with E-state index < -0.39 is 11.6 Å². The smallest absolute Gasteiger partial charge is 0.306 e. The van der Waals surface area contributed by atoms with Crippen molar-refractivity contribution in [3.63, 3.8) is 0 Å². The number of H-pyrrole nitrogens is 1. The van der Waals surface area contributed by atoms with Gasteiger partial charge in [-0.3, -0.25) is 9.78 Å². The van der Waals surface area contributed by atoms with Crippen molar-refractivity contribution in [2.24, 2.45) is 0 Å². The van der Waals surface area contributed by atoms with E-state index in [1.54, 1.807) is 18.6 Å². The number of imidazole rings is 1. The predicted octanol–water partition coefficient (Wildman–Crippen LogP) is 5.03. The van der Waals surface area contributed by atoms with Gasteiger partial charge in [0.25, 0.3) is 0 Å². The van der Waals surface area contributed by atoms with Gasteiger partial charge >= 0.3 is 5.97 Å². The first-order chi connectivity index (χ1) is 13.9. The Kier molecular flexibility index (Phi) is 6.98. The largest absolute Gasteiger partial charge is 0.459 e. The Hall–Kier alpha value is -2.74. The molecule has 5 nitrogen and oxygen atoms in total. The van der Waals surface area contributed by atoms with Gasteiger partial charge in [0.15, 0.2) is 0 Å². The molecule has 0 aliphatic rings. The molecular formula is C21H21F2N3O2S. The summed E-state index contributed by atoms with van der Waals surface area (Å²) in [5, 5.41) is 0. The van der Waals surface area contributed by atoms with Gasteiger partial charge in [0, 0.05) is 40.9 Å². The highest BCUT2D eigenvalue weighted by Crippen LogP contribution is 2.34. The first kappa shape index (κ1) is 21.0. The van der Waals surface area contributed by atoms with E-state index in [9.17, 15) is 13.6 Å². The van der Waals surface area contributed by atoms with E-state index in [1.165, 1.54) is 23.9 Å². The van der Waals surface area contributed by atoms with E-state index in [1.807, 2.05) is 19.9 Å². The average Bonchev–Trinajstić information content (AvgIpc) is 3.18. The van der Waals surface area contributed by atoms with Crippen LogP contribution in [0.15, 0.2) is 52.6 Å². The number of carbonyl (C=O) groups is 1. The summed E-state index contributed by atoms with van der Waals surface area (Å²) in [6.07, 6.45) is 5.69. The Morgan fingerprint density at radius 2 is 1.93 bits per heavy atom. The molecule has 0 amide bonds. The van der Waals surface area contributed by atoms with Gasteiger partial charge in [0.2, 0.25) is 0 Å². The van der Waals surface area contributed by atoms with E-state index in [-0.39, 0.29) is 24.9 Å². The monoisotopic (exact) mass is 417 g/mol. The molecule has 0 bridgehead atoms. The first-order valence-corrected chi connectivity index (χ1v) is 9.99. The second-order valence-electron chi connectivity index (χ2n) is 6.77. The molecule has 0 saturated carbocycles. The minimum atomic E-state index is -0.621. The standard InChI is InChI=1S/C21H21F2N3O2S/c1-13(2)18-10-16(12-28-21(27)4-3-20-24-5-6-25-20)26-11-19(18)29-17-8-14(22)7-15(23)9-17/h5-11,13H,3-4,12H2,1-2H3,(H,24,25). The average molecular weight is 417 g/mol. The molecule has 0 atom stereocenters. The number of hydrogen-bond donors (Lipinski definition) is 1. The number of benzene rings is 1. The molecule has 2 aromatic heterocycles. The van der Waals surface area contributed by atoms with Gasteiger partial charge in [-0.1, -0.05) is 25.6 Å². The summed E-state index contributed by atoms with van der Waals surface area (Å²) in [5.41, 5.74) is 1.59. The Labute approximate surface area is 171 Å². The molecule has 152 valence electrons. The third-order valence-corrected chi connectivity index (χ3v) is 5.17. The maximum absolute atomic E-state index is 13.5. The molecule has 29 heavy (non-hydrogen) atoms. The van der Waals surface area contributed by atoms with Crippen LogP contribution in [0.1, 0.15) is 43.3 Å². The number of aromatic nitrogens is 3. The lowest BCUT2D eigenvalue weighted by Gasteiger charge is -2.14. The van der Waals surface area contributed by atoms with Crippen LogP contribution in [0.2, 0.25) is 0 Å². The van der Waals surface area contributed by atoms with E-state index >= 15 is 0 Å². The highest BCUT2D eigenvalue weighted by atomic mass is 32.2. The molecule has 0 aliphatic carbocycles. The Bertz CT molecular complexity index is 958. The summed E-state index contributed by atoms with van der Waals surface area (Å²) < 4.78 is 32.2. The van der Waals surface area contributed by atoms with Gasteiger partial charge in [0.1, 0.15) is 24.1 Å². The molecule has 0 unspecified atom stereocenters. The van der Waals surface area contributed by atoms with Gasteiger partial charge in [-0.15, -0.1) is 0 Å². The molecule has 0 fully saturated rings.